The van der Waals surface area contributed by atoms with Gasteiger partial charge in [-0.3, -0.25) is 0 Å². The maximum atomic E-state index is 9.25. The van der Waals surface area contributed by atoms with Crippen LogP contribution in [0.4, 0.5) is 5.69 Å². The van der Waals surface area contributed by atoms with E-state index in [9.17, 15) is 10.2 Å². The zero-order chi connectivity index (χ0) is 8.43. The highest BCUT2D eigenvalue weighted by Crippen LogP contribution is 2.33. The molecular weight excluding hydrogens is 142 g/mol. The summed E-state index contributed by atoms with van der Waals surface area (Å²) in [6, 6.07) is 3.18. The van der Waals surface area contributed by atoms with E-state index >= 15 is 0 Å². The number of hydrogen-bond donors (Lipinski definition) is 3. The normalized spacial score (nSPS) is 9.64. The van der Waals surface area contributed by atoms with Gasteiger partial charge in [-0.1, -0.05) is 0 Å². The molecule has 3 nitrogen and oxygen atoms in total. The van der Waals surface area contributed by atoms with Gasteiger partial charge in [0.2, 0.25) is 0 Å². The Labute approximate surface area is 65.3 Å². The van der Waals surface area contributed by atoms with Gasteiger partial charge in [-0.2, -0.15) is 0 Å². The van der Waals surface area contributed by atoms with Crippen molar-refractivity contribution in [3.05, 3.63) is 17.7 Å². The molecule has 0 saturated heterocycles. The monoisotopic (exact) mass is 153 g/mol. The molecule has 0 unspecified atom stereocenters. The minimum absolute atomic E-state index is 0.0741. The quantitative estimate of drug-likeness (QED) is 0.535. The lowest BCUT2D eigenvalue weighted by molar-refractivity contribution is 0.454. The summed E-state index contributed by atoms with van der Waals surface area (Å²) in [5.74, 6) is 0.148. The van der Waals surface area contributed by atoms with E-state index in [1.165, 1.54) is 0 Å². The third-order valence-electron chi connectivity index (χ3n) is 1.49. The number of phenols is 2. The second-order valence-corrected chi connectivity index (χ2v) is 2.43. The Balaban J connectivity index is 3.25. The van der Waals surface area contributed by atoms with Gasteiger partial charge in [0.05, 0.1) is 0 Å². The number of phenolic OH excluding ortho intramolecular Hbond substituents is 2. The van der Waals surface area contributed by atoms with Crippen LogP contribution >= 0.6 is 0 Å². The van der Waals surface area contributed by atoms with Gasteiger partial charge in [0.1, 0.15) is 17.2 Å². The van der Waals surface area contributed by atoms with E-state index in [2.05, 4.69) is 5.32 Å². The van der Waals surface area contributed by atoms with Crippen molar-refractivity contribution < 1.29 is 10.2 Å². The Kier molecular flexibility index (Phi) is 1.89. The molecule has 0 saturated carbocycles. The van der Waals surface area contributed by atoms with Crippen molar-refractivity contribution in [1.82, 2.24) is 0 Å². The topological polar surface area (TPSA) is 52.5 Å². The van der Waals surface area contributed by atoms with Crippen molar-refractivity contribution in [1.29, 1.82) is 0 Å². The number of aromatic hydroxyl groups is 2. The molecule has 0 aliphatic heterocycles. The van der Waals surface area contributed by atoms with Crippen LogP contribution in [-0.2, 0) is 0 Å². The molecule has 0 aromatic heterocycles. The van der Waals surface area contributed by atoms with Gasteiger partial charge in [-0.25, -0.2) is 0 Å². The van der Waals surface area contributed by atoms with Crippen molar-refractivity contribution in [3.8, 4) is 11.5 Å². The van der Waals surface area contributed by atoms with Crippen molar-refractivity contribution in [2.24, 2.45) is 0 Å². The molecular formula is C8H11NO2. The van der Waals surface area contributed by atoms with E-state index in [-0.39, 0.29) is 11.5 Å². The smallest absolute Gasteiger partial charge is 0.142 e. The van der Waals surface area contributed by atoms with E-state index in [4.69, 9.17) is 0 Å². The molecule has 3 N–H and O–H groups in total. The van der Waals surface area contributed by atoms with Gasteiger partial charge >= 0.3 is 0 Å². The van der Waals surface area contributed by atoms with E-state index in [1.54, 1.807) is 26.1 Å². The standard InChI is InChI=1S/C8H11NO2/c1-5-3-6(10)8(9-2)7(11)4-5/h3-4,9-11H,1-2H3. The molecule has 11 heavy (non-hydrogen) atoms. The molecule has 0 radical (unpaired) electrons. The molecule has 1 rings (SSSR count). The molecule has 0 spiro atoms. The van der Waals surface area contributed by atoms with E-state index in [0.717, 1.165) is 5.56 Å². The summed E-state index contributed by atoms with van der Waals surface area (Å²) < 4.78 is 0. The highest BCUT2D eigenvalue weighted by Gasteiger charge is 2.04. The van der Waals surface area contributed by atoms with Crippen LogP contribution in [0.3, 0.4) is 0 Å². The Morgan fingerprint density at radius 3 is 2.00 bits per heavy atom. The van der Waals surface area contributed by atoms with Crippen LogP contribution in [0, 0.1) is 6.92 Å². The van der Waals surface area contributed by atoms with Gasteiger partial charge in [0.25, 0.3) is 0 Å². The van der Waals surface area contributed by atoms with E-state index in [0.29, 0.717) is 5.69 Å². The van der Waals surface area contributed by atoms with Crippen molar-refractivity contribution in [2.45, 2.75) is 6.92 Å². The second-order valence-electron chi connectivity index (χ2n) is 2.43. The molecule has 0 heterocycles. The molecule has 0 bridgehead atoms. The second kappa shape index (κ2) is 2.70. The molecule has 1 aromatic carbocycles. The third kappa shape index (κ3) is 1.37. The highest BCUT2D eigenvalue weighted by atomic mass is 16.3. The number of rotatable bonds is 1. The van der Waals surface area contributed by atoms with E-state index < -0.39 is 0 Å². The van der Waals surface area contributed by atoms with Gasteiger partial charge in [0, 0.05) is 7.05 Å². The average molecular weight is 153 g/mol. The third-order valence-corrected chi connectivity index (χ3v) is 1.49. The molecule has 3 heteroatoms. The molecule has 0 atom stereocenters. The van der Waals surface area contributed by atoms with Gasteiger partial charge in [-0.15, -0.1) is 0 Å². The van der Waals surface area contributed by atoms with Crippen LogP contribution in [0.25, 0.3) is 0 Å². The van der Waals surface area contributed by atoms with Crippen LogP contribution in [0.2, 0.25) is 0 Å². The largest absolute Gasteiger partial charge is 0.506 e. The van der Waals surface area contributed by atoms with Crippen molar-refractivity contribution in [2.75, 3.05) is 12.4 Å². The van der Waals surface area contributed by atoms with Crippen molar-refractivity contribution >= 4 is 5.69 Å². The van der Waals surface area contributed by atoms with Crippen LogP contribution in [-0.4, -0.2) is 17.3 Å². The van der Waals surface area contributed by atoms with Gasteiger partial charge < -0.3 is 15.5 Å². The van der Waals surface area contributed by atoms with Crippen molar-refractivity contribution in [3.63, 3.8) is 0 Å². The summed E-state index contributed by atoms with van der Waals surface area (Å²) in [5.41, 5.74) is 1.20. The SMILES string of the molecule is CNc1c(O)cc(C)cc1O. The fraction of sp³-hybridized carbons (Fsp3) is 0.250. The summed E-state index contributed by atoms with van der Waals surface area (Å²) in [7, 11) is 1.64. The first-order valence-electron chi connectivity index (χ1n) is 3.35. The minimum atomic E-state index is 0.0741. The lowest BCUT2D eigenvalue weighted by Gasteiger charge is -2.06. The molecule has 0 fully saturated rings. The lowest BCUT2D eigenvalue weighted by Crippen LogP contribution is -1.89. The number of anilines is 1. The first kappa shape index (κ1) is 7.72. The van der Waals surface area contributed by atoms with Crippen LogP contribution in [0.5, 0.6) is 11.5 Å². The molecule has 60 valence electrons. The van der Waals surface area contributed by atoms with Crippen LogP contribution < -0.4 is 5.32 Å². The zero-order valence-corrected chi connectivity index (χ0v) is 6.55. The molecule has 0 aliphatic rings. The van der Waals surface area contributed by atoms with Gasteiger partial charge in [-0.05, 0) is 24.6 Å². The summed E-state index contributed by atoms with van der Waals surface area (Å²) in [4.78, 5) is 0. The summed E-state index contributed by atoms with van der Waals surface area (Å²) in [6.07, 6.45) is 0. The zero-order valence-electron chi connectivity index (χ0n) is 6.55. The van der Waals surface area contributed by atoms with Crippen LogP contribution in [0.1, 0.15) is 5.56 Å². The lowest BCUT2D eigenvalue weighted by atomic mass is 10.2. The maximum absolute atomic E-state index is 9.25. The fourth-order valence-corrected chi connectivity index (χ4v) is 1.00. The predicted octanol–water partition coefficient (Wildman–Crippen LogP) is 1.45. The number of aryl methyl sites for hydroxylation is 1. The minimum Gasteiger partial charge on any atom is -0.506 e. The number of hydrogen-bond acceptors (Lipinski definition) is 3. The first-order valence-corrected chi connectivity index (χ1v) is 3.35. The molecule has 0 amide bonds. The number of nitrogens with one attached hydrogen (secondary N) is 1. The Hall–Kier alpha value is -1.38. The predicted molar refractivity (Wildman–Crippen MR) is 44.1 cm³/mol. The first-order chi connectivity index (χ1) is 5.15. The molecule has 0 aliphatic carbocycles. The maximum Gasteiger partial charge on any atom is 0.142 e. The fourth-order valence-electron chi connectivity index (χ4n) is 1.00. The average Bonchev–Trinajstić information content (AvgIpc) is 1.85. The summed E-state index contributed by atoms with van der Waals surface area (Å²) in [6.45, 7) is 1.80. The number of benzene rings is 1. The molecule has 1 aromatic rings. The Morgan fingerprint density at radius 1 is 1.18 bits per heavy atom. The van der Waals surface area contributed by atoms with Crippen LogP contribution in [0.15, 0.2) is 12.1 Å². The highest BCUT2D eigenvalue weighted by molar-refractivity contribution is 5.65. The Morgan fingerprint density at radius 2 is 1.64 bits per heavy atom. The van der Waals surface area contributed by atoms with Gasteiger partial charge in [0.15, 0.2) is 0 Å². The van der Waals surface area contributed by atoms with E-state index in [1.807, 2.05) is 0 Å². The summed E-state index contributed by atoms with van der Waals surface area (Å²) >= 11 is 0. The Bertz CT molecular complexity index is 248. The summed E-state index contributed by atoms with van der Waals surface area (Å²) in [5, 5.41) is 21.2.